The molecule has 1 fully saturated rings. The highest BCUT2D eigenvalue weighted by Gasteiger charge is 2.41. The molecule has 0 aromatic carbocycles. The summed E-state index contributed by atoms with van der Waals surface area (Å²) in [5, 5.41) is 15.2. The minimum Gasteiger partial charge on any atom is -0.481 e. The Balaban J connectivity index is 1.94. The number of carbonyl (C=O) groups excluding carboxylic acids is 1. The average Bonchev–Trinajstić information content (AvgIpc) is 2.99. The zero-order chi connectivity index (χ0) is 13.9. The predicted octanol–water partition coefficient (Wildman–Crippen LogP) is 1.05. The van der Waals surface area contributed by atoms with Gasteiger partial charge in [-0.25, -0.2) is 0 Å². The first-order valence-corrected chi connectivity index (χ1v) is 7.04. The molecule has 0 radical (unpaired) electrons. The quantitative estimate of drug-likeness (QED) is 0.650. The van der Waals surface area contributed by atoms with Crippen LogP contribution in [0.15, 0.2) is 12.2 Å². The van der Waals surface area contributed by atoms with Gasteiger partial charge in [0.05, 0.1) is 11.5 Å². The predicted molar refractivity (Wildman–Crippen MR) is 71.7 cm³/mol. The van der Waals surface area contributed by atoms with Crippen molar-refractivity contribution in [1.29, 1.82) is 0 Å². The third kappa shape index (κ3) is 2.97. The van der Waals surface area contributed by atoms with Crippen LogP contribution in [0.25, 0.3) is 0 Å². The number of carboxylic acids is 1. The zero-order valence-electron chi connectivity index (χ0n) is 11.3. The molecule has 3 N–H and O–H groups in total. The molecular weight excluding hydrogens is 244 g/mol. The van der Waals surface area contributed by atoms with Crippen molar-refractivity contribution in [3.63, 3.8) is 0 Å². The maximum atomic E-state index is 12.4. The van der Waals surface area contributed by atoms with Gasteiger partial charge >= 0.3 is 5.97 Å². The number of hydrogen-bond donors (Lipinski definition) is 3. The first-order valence-electron chi connectivity index (χ1n) is 7.04. The van der Waals surface area contributed by atoms with E-state index in [0.717, 1.165) is 32.2 Å². The highest BCUT2D eigenvalue weighted by atomic mass is 16.4. The van der Waals surface area contributed by atoms with Gasteiger partial charge in [0.25, 0.3) is 0 Å². The standard InChI is InChI=1S/C14H22N2O3/c1-2-6-14(7-3-8-15-14)13(19)16-11-5-4-10(9-11)12(17)18/h4-5,10-11,15H,2-3,6-9H2,1H3,(H,16,19)(H,17,18). The molecule has 1 saturated heterocycles. The molecule has 3 unspecified atom stereocenters. The van der Waals surface area contributed by atoms with Crippen LogP contribution in [0.3, 0.4) is 0 Å². The van der Waals surface area contributed by atoms with Crippen molar-refractivity contribution >= 4 is 11.9 Å². The molecule has 19 heavy (non-hydrogen) atoms. The second-order valence-electron chi connectivity index (χ2n) is 5.51. The number of carbonyl (C=O) groups is 2. The summed E-state index contributed by atoms with van der Waals surface area (Å²) in [6, 6.07) is -0.148. The van der Waals surface area contributed by atoms with Crippen LogP contribution in [0.4, 0.5) is 0 Å². The van der Waals surface area contributed by atoms with Crippen molar-refractivity contribution in [3.05, 3.63) is 12.2 Å². The highest BCUT2D eigenvalue weighted by molar-refractivity contribution is 5.87. The lowest BCUT2D eigenvalue weighted by molar-refractivity contribution is -0.140. The molecule has 1 aliphatic carbocycles. The van der Waals surface area contributed by atoms with E-state index in [0.29, 0.717) is 6.42 Å². The van der Waals surface area contributed by atoms with E-state index < -0.39 is 17.4 Å². The SMILES string of the molecule is CCCC1(C(=O)NC2C=CC(C(=O)O)C2)CCCN1. The van der Waals surface area contributed by atoms with Crippen molar-refractivity contribution in [2.75, 3.05) is 6.54 Å². The molecule has 5 heteroatoms. The van der Waals surface area contributed by atoms with Gasteiger partial charge in [-0.15, -0.1) is 0 Å². The maximum Gasteiger partial charge on any atom is 0.310 e. The molecule has 2 aliphatic rings. The Kier molecular flexibility index (Phi) is 4.24. The number of rotatable bonds is 5. The van der Waals surface area contributed by atoms with E-state index in [1.165, 1.54) is 0 Å². The average molecular weight is 266 g/mol. The van der Waals surface area contributed by atoms with Crippen molar-refractivity contribution in [3.8, 4) is 0 Å². The summed E-state index contributed by atoms with van der Waals surface area (Å²) in [6.45, 7) is 2.95. The number of aliphatic carboxylic acids is 1. The van der Waals surface area contributed by atoms with Crippen molar-refractivity contribution in [2.24, 2.45) is 5.92 Å². The molecule has 1 heterocycles. The molecule has 5 nitrogen and oxygen atoms in total. The zero-order valence-corrected chi connectivity index (χ0v) is 11.3. The van der Waals surface area contributed by atoms with Gasteiger partial charge in [-0.05, 0) is 32.2 Å². The van der Waals surface area contributed by atoms with Crippen LogP contribution in [-0.2, 0) is 9.59 Å². The lowest BCUT2D eigenvalue weighted by Gasteiger charge is -2.29. The summed E-state index contributed by atoms with van der Waals surface area (Å²) < 4.78 is 0. The van der Waals surface area contributed by atoms with Gasteiger partial charge in [0.2, 0.25) is 5.91 Å². The largest absolute Gasteiger partial charge is 0.481 e. The second kappa shape index (κ2) is 5.74. The summed E-state index contributed by atoms with van der Waals surface area (Å²) in [4.78, 5) is 23.3. The molecule has 0 spiro atoms. The Morgan fingerprint density at radius 3 is 2.79 bits per heavy atom. The van der Waals surface area contributed by atoms with Crippen LogP contribution in [0.2, 0.25) is 0 Å². The first kappa shape index (κ1) is 14.1. The third-order valence-corrected chi connectivity index (χ3v) is 4.07. The van der Waals surface area contributed by atoms with E-state index in [1.54, 1.807) is 12.2 Å². The van der Waals surface area contributed by atoms with Gasteiger partial charge in [-0.3, -0.25) is 9.59 Å². The minimum absolute atomic E-state index is 0.0209. The Labute approximate surface area is 113 Å². The van der Waals surface area contributed by atoms with Crippen molar-refractivity contribution < 1.29 is 14.7 Å². The summed E-state index contributed by atoms with van der Waals surface area (Å²) in [5.74, 6) is -1.27. The van der Waals surface area contributed by atoms with Crippen LogP contribution in [-0.4, -0.2) is 35.1 Å². The summed E-state index contributed by atoms with van der Waals surface area (Å²) >= 11 is 0. The Bertz CT molecular complexity index is 386. The minimum atomic E-state index is -0.824. The Morgan fingerprint density at radius 2 is 2.26 bits per heavy atom. The molecule has 3 atom stereocenters. The molecule has 106 valence electrons. The van der Waals surface area contributed by atoms with Crippen LogP contribution >= 0.6 is 0 Å². The van der Waals surface area contributed by atoms with E-state index in [1.807, 2.05) is 0 Å². The van der Waals surface area contributed by atoms with Crippen molar-refractivity contribution in [2.45, 2.75) is 50.6 Å². The van der Waals surface area contributed by atoms with Gasteiger partial charge in [-0.1, -0.05) is 25.5 Å². The van der Waals surface area contributed by atoms with Gasteiger partial charge in [0.15, 0.2) is 0 Å². The summed E-state index contributed by atoms with van der Waals surface area (Å²) in [7, 11) is 0. The number of amides is 1. The third-order valence-electron chi connectivity index (χ3n) is 4.07. The molecular formula is C14H22N2O3. The second-order valence-corrected chi connectivity index (χ2v) is 5.51. The Morgan fingerprint density at radius 1 is 1.47 bits per heavy atom. The van der Waals surface area contributed by atoms with E-state index in [2.05, 4.69) is 17.6 Å². The number of nitrogens with one attached hydrogen (secondary N) is 2. The fourth-order valence-corrected chi connectivity index (χ4v) is 3.05. The number of carboxylic acid groups (broad SMARTS) is 1. The first-order chi connectivity index (χ1) is 9.07. The molecule has 1 aliphatic heterocycles. The van der Waals surface area contributed by atoms with Gasteiger partial charge in [0, 0.05) is 6.04 Å². The summed E-state index contributed by atoms with van der Waals surface area (Å²) in [6.07, 6.45) is 7.60. The fraction of sp³-hybridized carbons (Fsp3) is 0.714. The van der Waals surface area contributed by atoms with E-state index in [9.17, 15) is 9.59 Å². The molecule has 0 bridgehead atoms. The van der Waals surface area contributed by atoms with Crippen LogP contribution in [0.5, 0.6) is 0 Å². The molecule has 0 saturated carbocycles. The van der Waals surface area contributed by atoms with E-state index >= 15 is 0 Å². The van der Waals surface area contributed by atoms with E-state index in [-0.39, 0.29) is 11.9 Å². The topological polar surface area (TPSA) is 78.4 Å². The van der Waals surface area contributed by atoms with Crippen LogP contribution < -0.4 is 10.6 Å². The van der Waals surface area contributed by atoms with Crippen LogP contribution in [0, 0.1) is 5.92 Å². The Hall–Kier alpha value is -1.36. The van der Waals surface area contributed by atoms with Crippen LogP contribution in [0.1, 0.15) is 39.0 Å². The fourth-order valence-electron chi connectivity index (χ4n) is 3.05. The monoisotopic (exact) mass is 266 g/mol. The molecule has 2 rings (SSSR count). The lowest BCUT2D eigenvalue weighted by Crippen LogP contribution is -2.55. The smallest absolute Gasteiger partial charge is 0.310 e. The molecule has 1 amide bonds. The van der Waals surface area contributed by atoms with E-state index in [4.69, 9.17) is 5.11 Å². The molecule has 0 aromatic rings. The van der Waals surface area contributed by atoms with Gasteiger partial charge < -0.3 is 15.7 Å². The number of hydrogen-bond acceptors (Lipinski definition) is 3. The van der Waals surface area contributed by atoms with Gasteiger partial charge in [-0.2, -0.15) is 0 Å². The lowest BCUT2D eigenvalue weighted by atomic mass is 9.90. The summed E-state index contributed by atoms with van der Waals surface area (Å²) in [5.41, 5.74) is -0.441. The highest BCUT2D eigenvalue weighted by Crippen LogP contribution is 2.26. The molecule has 0 aromatic heterocycles. The van der Waals surface area contributed by atoms with Crippen molar-refractivity contribution in [1.82, 2.24) is 10.6 Å². The normalized spacial score (nSPS) is 33.5. The maximum absolute atomic E-state index is 12.4. The van der Waals surface area contributed by atoms with Gasteiger partial charge in [0.1, 0.15) is 0 Å².